The molecule has 0 aliphatic carbocycles. The zero-order valence-corrected chi connectivity index (χ0v) is 19.4. The number of unbranched alkanes of at least 4 members (excludes halogenated alkanes) is 1. The highest BCUT2D eigenvalue weighted by Crippen LogP contribution is 2.50. The van der Waals surface area contributed by atoms with Crippen LogP contribution in [0.3, 0.4) is 0 Å². The molecule has 0 fully saturated rings. The number of aliphatic hydroxyl groups is 1. The van der Waals surface area contributed by atoms with E-state index in [0.717, 1.165) is 23.6 Å². The fourth-order valence-electron chi connectivity index (χ4n) is 4.50. The number of amides is 1. The first kappa shape index (κ1) is 23.6. The number of aliphatic hydroxyl groups excluding tert-OH is 1. The topological polar surface area (TPSA) is 96.3 Å². The highest BCUT2D eigenvalue weighted by molar-refractivity contribution is 6.17. The van der Waals surface area contributed by atoms with E-state index in [1.165, 1.54) is 0 Å². The Morgan fingerprint density at radius 3 is 2.26 bits per heavy atom. The maximum Gasteiger partial charge on any atom is 0.307 e. The van der Waals surface area contributed by atoms with Gasteiger partial charge in [-0.25, -0.2) is 0 Å². The van der Waals surface area contributed by atoms with Gasteiger partial charge in [0.1, 0.15) is 11.5 Å². The van der Waals surface area contributed by atoms with Gasteiger partial charge in [-0.3, -0.25) is 14.5 Å². The molecule has 7 heteroatoms. The molecule has 1 heterocycles. The summed E-state index contributed by atoms with van der Waals surface area (Å²) in [6.07, 6.45) is 1.70. The first-order valence-corrected chi connectivity index (χ1v) is 11.6. The Morgan fingerprint density at radius 1 is 1.00 bits per heavy atom. The summed E-state index contributed by atoms with van der Waals surface area (Å²) >= 11 is 0. The van der Waals surface area contributed by atoms with Crippen molar-refractivity contribution in [3.8, 4) is 11.5 Å². The number of fused-ring (bicyclic) bond motifs is 2. The molecular formula is C27H29NO6. The molecule has 0 saturated carbocycles. The van der Waals surface area contributed by atoms with E-state index in [1.54, 1.807) is 29.2 Å². The summed E-state index contributed by atoms with van der Waals surface area (Å²) in [7, 11) is 0. The van der Waals surface area contributed by atoms with Crippen molar-refractivity contribution in [3.63, 3.8) is 0 Å². The van der Waals surface area contributed by atoms with Crippen molar-refractivity contribution in [1.29, 1.82) is 0 Å². The van der Waals surface area contributed by atoms with Gasteiger partial charge in [-0.15, -0.1) is 0 Å². The summed E-state index contributed by atoms with van der Waals surface area (Å²) in [5.41, 5.74) is 2.23. The number of benzene rings is 3. The van der Waals surface area contributed by atoms with Crippen molar-refractivity contribution in [1.82, 2.24) is 0 Å². The molecule has 1 aliphatic heterocycles. The van der Waals surface area contributed by atoms with E-state index in [9.17, 15) is 14.7 Å². The first-order valence-electron chi connectivity index (χ1n) is 11.6. The fourth-order valence-corrected chi connectivity index (χ4v) is 4.50. The molecule has 3 aromatic carbocycles. The Kier molecular flexibility index (Phi) is 7.03. The first-order chi connectivity index (χ1) is 16.5. The smallest absolute Gasteiger partial charge is 0.307 e. The predicted octanol–water partition coefficient (Wildman–Crippen LogP) is 4.74. The van der Waals surface area contributed by atoms with Crippen LogP contribution in [0.15, 0.2) is 48.5 Å². The van der Waals surface area contributed by atoms with Gasteiger partial charge in [-0.05, 0) is 31.0 Å². The number of carbonyl (C=O) groups is 2. The van der Waals surface area contributed by atoms with Gasteiger partial charge in [0, 0.05) is 22.0 Å². The molecule has 0 aromatic heterocycles. The number of carbonyl (C=O) groups excluding carboxylic acids is 1. The molecular weight excluding hydrogens is 434 g/mol. The molecule has 0 radical (unpaired) electrons. The van der Waals surface area contributed by atoms with Crippen molar-refractivity contribution < 1.29 is 29.3 Å². The molecule has 0 saturated heterocycles. The molecule has 4 rings (SSSR count). The lowest BCUT2D eigenvalue weighted by molar-refractivity contribution is -0.136. The SMILES string of the molecule is CCCCOc1c2c(c(OCC)c3ccccc13)[C@@H](CO)N(c1ccc(CC(=O)O)cc1)C2=O. The second kappa shape index (κ2) is 10.1. The zero-order valence-electron chi connectivity index (χ0n) is 19.4. The zero-order chi connectivity index (χ0) is 24.2. The van der Waals surface area contributed by atoms with Gasteiger partial charge in [-0.2, -0.15) is 0 Å². The molecule has 7 nitrogen and oxygen atoms in total. The van der Waals surface area contributed by atoms with Gasteiger partial charge in [0.2, 0.25) is 0 Å². The largest absolute Gasteiger partial charge is 0.493 e. The minimum Gasteiger partial charge on any atom is -0.493 e. The average Bonchev–Trinajstić information content (AvgIpc) is 3.13. The minimum absolute atomic E-state index is 0.104. The Labute approximate surface area is 198 Å². The van der Waals surface area contributed by atoms with Crippen LogP contribution in [0, 0.1) is 0 Å². The lowest BCUT2D eigenvalue weighted by Crippen LogP contribution is -2.30. The molecule has 3 aromatic rings. The van der Waals surface area contributed by atoms with Crippen LogP contribution >= 0.6 is 0 Å². The second-order valence-corrected chi connectivity index (χ2v) is 8.24. The van der Waals surface area contributed by atoms with Crippen LogP contribution in [-0.4, -0.2) is 41.9 Å². The normalized spacial score (nSPS) is 15.0. The van der Waals surface area contributed by atoms with E-state index < -0.39 is 12.0 Å². The van der Waals surface area contributed by atoms with E-state index in [0.29, 0.717) is 47.1 Å². The van der Waals surface area contributed by atoms with Crippen LogP contribution < -0.4 is 14.4 Å². The van der Waals surface area contributed by atoms with E-state index >= 15 is 0 Å². The average molecular weight is 464 g/mol. The van der Waals surface area contributed by atoms with Gasteiger partial charge < -0.3 is 19.7 Å². The van der Waals surface area contributed by atoms with Crippen LogP contribution in [0.5, 0.6) is 11.5 Å². The van der Waals surface area contributed by atoms with Gasteiger partial charge in [0.15, 0.2) is 0 Å². The van der Waals surface area contributed by atoms with Crippen molar-refractivity contribution in [3.05, 3.63) is 65.2 Å². The maximum absolute atomic E-state index is 13.9. The predicted molar refractivity (Wildman–Crippen MR) is 130 cm³/mol. The Balaban J connectivity index is 1.90. The second-order valence-electron chi connectivity index (χ2n) is 8.24. The lowest BCUT2D eigenvalue weighted by atomic mass is 9.96. The number of hydrogen-bond donors (Lipinski definition) is 2. The number of ether oxygens (including phenoxy) is 2. The maximum atomic E-state index is 13.9. The van der Waals surface area contributed by atoms with Crippen molar-refractivity contribution >= 4 is 28.3 Å². The van der Waals surface area contributed by atoms with Crippen molar-refractivity contribution in [2.45, 2.75) is 39.2 Å². The van der Waals surface area contributed by atoms with Gasteiger partial charge >= 0.3 is 5.97 Å². The van der Waals surface area contributed by atoms with Gasteiger partial charge in [0.05, 0.1) is 37.8 Å². The van der Waals surface area contributed by atoms with E-state index in [2.05, 4.69) is 6.92 Å². The summed E-state index contributed by atoms with van der Waals surface area (Å²) in [5.74, 6) is -0.116. The number of carboxylic acids is 1. The Hall–Kier alpha value is -3.58. The number of hydrogen-bond acceptors (Lipinski definition) is 5. The molecule has 178 valence electrons. The molecule has 1 amide bonds. The third-order valence-corrected chi connectivity index (χ3v) is 6.01. The summed E-state index contributed by atoms with van der Waals surface area (Å²) < 4.78 is 12.3. The standard InChI is InChI=1S/C27H29NO6/c1-3-5-14-34-26-20-9-7-6-8-19(20)25(33-4-2)23-21(16-29)28(27(32)24(23)26)18-12-10-17(11-13-18)15-22(30)31/h6-13,21,29H,3-5,14-16H2,1-2H3,(H,30,31)/t21-/m1/s1. The van der Waals surface area contributed by atoms with Crippen LogP contribution in [0.4, 0.5) is 5.69 Å². The Morgan fingerprint density at radius 2 is 1.68 bits per heavy atom. The fraction of sp³-hybridized carbons (Fsp3) is 0.333. The molecule has 34 heavy (non-hydrogen) atoms. The molecule has 0 spiro atoms. The van der Waals surface area contributed by atoms with E-state index in [4.69, 9.17) is 14.6 Å². The van der Waals surface area contributed by atoms with Crippen LogP contribution in [-0.2, 0) is 11.2 Å². The molecule has 1 aliphatic rings. The molecule has 1 atom stereocenters. The number of anilines is 1. The highest BCUT2D eigenvalue weighted by atomic mass is 16.5. The van der Waals surface area contributed by atoms with E-state index in [1.807, 2.05) is 31.2 Å². The number of rotatable bonds is 10. The molecule has 2 N–H and O–H groups in total. The van der Waals surface area contributed by atoms with Crippen LogP contribution in [0.2, 0.25) is 0 Å². The summed E-state index contributed by atoms with van der Waals surface area (Å²) in [5, 5.41) is 21.1. The number of nitrogens with zero attached hydrogens (tertiary/aromatic N) is 1. The Bertz CT molecular complexity index is 1200. The van der Waals surface area contributed by atoms with Crippen LogP contribution in [0.25, 0.3) is 10.8 Å². The van der Waals surface area contributed by atoms with Gasteiger partial charge in [0.25, 0.3) is 5.91 Å². The van der Waals surface area contributed by atoms with E-state index in [-0.39, 0.29) is 18.9 Å². The van der Waals surface area contributed by atoms with Crippen molar-refractivity contribution in [2.24, 2.45) is 0 Å². The van der Waals surface area contributed by atoms with Crippen LogP contribution in [0.1, 0.15) is 54.2 Å². The minimum atomic E-state index is -0.924. The lowest BCUT2D eigenvalue weighted by Gasteiger charge is -2.25. The van der Waals surface area contributed by atoms with Gasteiger partial charge in [-0.1, -0.05) is 49.7 Å². The third-order valence-electron chi connectivity index (χ3n) is 6.01. The monoisotopic (exact) mass is 463 g/mol. The quantitative estimate of drug-likeness (QED) is 0.422. The number of carboxylic acid groups (broad SMARTS) is 1. The number of aliphatic carboxylic acids is 1. The summed E-state index contributed by atoms with van der Waals surface area (Å²) in [4.78, 5) is 26.5. The highest BCUT2D eigenvalue weighted by Gasteiger charge is 2.43. The summed E-state index contributed by atoms with van der Waals surface area (Å²) in [6.45, 7) is 4.54. The third kappa shape index (κ3) is 4.19. The summed E-state index contributed by atoms with van der Waals surface area (Å²) in [6, 6.07) is 13.8. The molecule has 0 unspecified atom stereocenters. The van der Waals surface area contributed by atoms with Crippen molar-refractivity contribution in [2.75, 3.05) is 24.7 Å². The molecule has 0 bridgehead atoms.